The summed E-state index contributed by atoms with van der Waals surface area (Å²) < 4.78 is 5.85. The number of carbonyl (C=O) groups is 1. The average Bonchev–Trinajstić information content (AvgIpc) is 3.17. The van der Waals surface area contributed by atoms with E-state index in [1.54, 1.807) is 9.91 Å². The number of amidine groups is 1. The number of amides is 1. The van der Waals surface area contributed by atoms with Crippen LogP contribution >= 0.6 is 0 Å². The van der Waals surface area contributed by atoms with Gasteiger partial charge in [-0.25, -0.2) is 5.01 Å². The number of nitrogens with one attached hydrogen (secondary N) is 1. The Hall–Kier alpha value is -4.07. The maximum absolute atomic E-state index is 12.1. The molecule has 1 unspecified atom stereocenters. The quantitative estimate of drug-likeness (QED) is 0.630. The fraction of sp³-hybridized carbons (Fsp3) is 0.208. The number of rotatable bonds is 5. The van der Waals surface area contributed by atoms with Crippen LogP contribution in [0.2, 0.25) is 0 Å². The molecule has 2 aliphatic rings. The summed E-state index contributed by atoms with van der Waals surface area (Å²) in [5, 5.41) is 15.0. The molecule has 0 aliphatic carbocycles. The number of benzene rings is 2. The van der Waals surface area contributed by atoms with Gasteiger partial charge in [0.25, 0.3) is 0 Å². The number of hydrogen-bond donors (Lipinski definition) is 3. The number of carbonyl (C=O) groups excluding carboxylic acids is 1. The number of hydrazone groups is 1. The van der Waals surface area contributed by atoms with Crippen molar-refractivity contribution < 1.29 is 9.53 Å². The molecule has 164 valence electrons. The Bertz CT molecular complexity index is 1090. The summed E-state index contributed by atoms with van der Waals surface area (Å²) >= 11 is 0. The summed E-state index contributed by atoms with van der Waals surface area (Å²) in [5.41, 5.74) is 13.6. The molecule has 8 heteroatoms. The molecule has 2 aliphatic heterocycles. The van der Waals surface area contributed by atoms with Crippen LogP contribution in [0.4, 0.5) is 0 Å². The lowest BCUT2D eigenvalue weighted by Crippen LogP contribution is -2.48. The van der Waals surface area contributed by atoms with Gasteiger partial charge in [0, 0.05) is 18.7 Å². The van der Waals surface area contributed by atoms with Gasteiger partial charge in [-0.1, -0.05) is 24.8 Å². The van der Waals surface area contributed by atoms with Crippen LogP contribution in [0.15, 0.2) is 83.7 Å². The Morgan fingerprint density at radius 3 is 2.47 bits per heavy atom. The third-order valence-corrected chi connectivity index (χ3v) is 5.53. The second-order valence-corrected chi connectivity index (χ2v) is 7.70. The molecule has 0 saturated carbocycles. The number of piperidine rings is 1. The second kappa shape index (κ2) is 8.97. The highest BCUT2D eigenvalue weighted by atomic mass is 16.5. The smallest absolute Gasteiger partial charge is 0.246 e. The first kappa shape index (κ1) is 21.2. The zero-order valence-electron chi connectivity index (χ0n) is 17.7. The molecule has 0 radical (unpaired) electrons. The van der Waals surface area contributed by atoms with E-state index in [1.165, 1.54) is 6.08 Å². The Balaban J connectivity index is 1.59. The number of likely N-dealkylation sites (tertiary alicyclic amines) is 1. The van der Waals surface area contributed by atoms with Crippen molar-refractivity contribution in [1.29, 1.82) is 5.41 Å². The Labute approximate surface area is 187 Å². The topological polar surface area (TPSA) is 121 Å². The van der Waals surface area contributed by atoms with Crippen LogP contribution in [0.5, 0.6) is 11.5 Å². The molecule has 2 heterocycles. The molecule has 1 saturated heterocycles. The highest BCUT2D eigenvalue weighted by Gasteiger charge is 2.36. The minimum absolute atomic E-state index is 0.0377. The summed E-state index contributed by atoms with van der Waals surface area (Å²) in [5.74, 6) is 1.49. The van der Waals surface area contributed by atoms with Crippen LogP contribution in [0.1, 0.15) is 18.4 Å². The standard InChI is InChI=1S/C24H26N6O2/c1-2-20(31)29-14-6-7-17(15-29)30-24(27)21(23(25)26)22(28-30)16-10-12-19(13-11-16)32-18-8-4-3-5-9-18/h2-5,8-13,17,27H,1,6-7,14-15,25-26H2. The van der Waals surface area contributed by atoms with Crippen LogP contribution in [0.25, 0.3) is 0 Å². The monoisotopic (exact) mass is 430 g/mol. The molecular formula is C24H26N6O2. The highest BCUT2D eigenvalue weighted by Crippen LogP contribution is 2.28. The molecule has 0 bridgehead atoms. The third-order valence-electron chi connectivity index (χ3n) is 5.53. The largest absolute Gasteiger partial charge is 0.457 e. The maximum Gasteiger partial charge on any atom is 0.246 e. The zero-order valence-corrected chi connectivity index (χ0v) is 17.7. The first-order chi connectivity index (χ1) is 15.5. The molecule has 4 rings (SSSR count). The van der Waals surface area contributed by atoms with Crippen LogP contribution in [-0.2, 0) is 4.79 Å². The maximum atomic E-state index is 12.1. The molecule has 5 N–H and O–H groups in total. The molecular weight excluding hydrogens is 404 g/mol. The summed E-state index contributed by atoms with van der Waals surface area (Å²) in [6.45, 7) is 4.70. The van der Waals surface area contributed by atoms with Gasteiger partial charge in [0.1, 0.15) is 23.0 Å². The third kappa shape index (κ3) is 4.20. The fourth-order valence-corrected chi connectivity index (χ4v) is 3.96. The molecule has 8 nitrogen and oxygen atoms in total. The van der Waals surface area contributed by atoms with E-state index < -0.39 is 0 Å². The van der Waals surface area contributed by atoms with E-state index >= 15 is 0 Å². The van der Waals surface area contributed by atoms with E-state index in [9.17, 15) is 4.79 Å². The van der Waals surface area contributed by atoms with E-state index in [2.05, 4.69) is 6.58 Å². The summed E-state index contributed by atoms with van der Waals surface area (Å²) in [6, 6.07) is 16.8. The predicted octanol–water partition coefficient (Wildman–Crippen LogP) is 2.78. The molecule has 1 atom stereocenters. The zero-order chi connectivity index (χ0) is 22.7. The minimum Gasteiger partial charge on any atom is -0.457 e. The first-order valence-corrected chi connectivity index (χ1v) is 10.4. The van der Waals surface area contributed by atoms with E-state index in [0.717, 1.165) is 24.2 Å². The van der Waals surface area contributed by atoms with Gasteiger partial charge in [-0.05, 0) is 55.3 Å². The molecule has 2 aromatic rings. The number of hydrogen-bond acceptors (Lipinski definition) is 6. The van der Waals surface area contributed by atoms with Gasteiger partial charge < -0.3 is 21.1 Å². The van der Waals surface area contributed by atoms with Gasteiger partial charge in [0.15, 0.2) is 5.84 Å². The van der Waals surface area contributed by atoms with Crippen molar-refractivity contribution in [1.82, 2.24) is 9.91 Å². The molecule has 1 fully saturated rings. The number of nitrogens with two attached hydrogens (primary N) is 2. The van der Waals surface area contributed by atoms with E-state index in [0.29, 0.717) is 30.1 Å². The minimum atomic E-state index is -0.132. The summed E-state index contributed by atoms with van der Waals surface area (Å²) in [7, 11) is 0. The van der Waals surface area contributed by atoms with Crippen molar-refractivity contribution in [2.75, 3.05) is 13.1 Å². The molecule has 1 amide bonds. The summed E-state index contributed by atoms with van der Waals surface area (Å²) in [4.78, 5) is 13.8. The van der Waals surface area contributed by atoms with E-state index in [4.69, 9.17) is 26.7 Å². The van der Waals surface area contributed by atoms with Crippen LogP contribution < -0.4 is 16.2 Å². The Kier molecular flexibility index (Phi) is 5.93. The Morgan fingerprint density at radius 1 is 1.12 bits per heavy atom. The van der Waals surface area contributed by atoms with Crippen molar-refractivity contribution in [3.05, 3.63) is 84.2 Å². The fourth-order valence-electron chi connectivity index (χ4n) is 3.96. The summed E-state index contributed by atoms with van der Waals surface area (Å²) in [6.07, 6.45) is 2.94. The van der Waals surface area contributed by atoms with Gasteiger partial charge in [-0.3, -0.25) is 10.2 Å². The van der Waals surface area contributed by atoms with Crippen LogP contribution in [-0.4, -0.2) is 46.5 Å². The Morgan fingerprint density at radius 2 is 1.81 bits per heavy atom. The lowest BCUT2D eigenvalue weighted by molar-refractivity contribution is -0.127. The second-order valence-electron chi connectivity index (χ2n) is 7.70. The van der Waals surface area contributed by atoms with Gasteiger partial charge in [0.2, 0.25) is 5.91 Å². The SMILES string of the molecule is C=CC(=O)N1CCCC(N2N=C(c3ccc(Oc4ccccc4)cc3)C(=C(N)N)C2=N)C1. The number of para-hydroxylation sites is 1. The van der Waals surface area contributed by atoms with Crippen molar-refractivity contribution in [2.24, 2.45) is 16.6 Å². The lowest BCUT2D eigenvalue weighted by atomic mass is 10.0. The van der Waals surface area contributed by atoms with Crippen molar-refractivity contribution in [3.63, 3.8) is 0 Å². The van der Waals surface area contributed by atoms with Crippen molar-refractivity contribution in [3.8, 4) is 11.5 Å². The average molecular weight is 431 g/mol. The van der Waals surface area contributed by atoms with Crippen molar-refractivity contribution in [2.45, 2.75) is 18.9 Å². The van der Waals surface area contributed by atoms with Crippen molar-refractivity contribution >= 4 is 17.5 Å². The van der Waals surface area contributed by atoms with E-state index in [-0.39, 0.29) is 23.6 Å². The first-order valence-electron chi connectivity index (χ1n) is 10.4. The van der Waals surface area contributed by atoms with Gasteiger partial charge in [-0.15, -0.1) is 0 Å². The van der Waals surface area contributed by atoms with Gasteiger partial charge >= 0.3 is 0 Å². The number of ether oxygens (including phenoxy) is 1. The predicted molar refractivity (Wildman–Crippen MR) is 124 cm³/mol. The lowest BCUT2D eigenvalue weighted by Gasteiger charge is -2.36. The molecule has 32 heavy (non-hydrogen) atoms. The van der Waals surface area contributed by atoms with Gasteiger partial charge in [-0.2, -0.15) is 5.10 Å². The highest BCUT2D eigenvalue weighted by molar-refractivity contribution is 6.32. The molecule has 0 spiro atoms. The molecule has 0 aromatic heterocycles. The van der Waals surface area contributed by atoms with Gasteiger partial charge in [0.05, 0.1) is 11.6 Å². The van der Waals surface area contributed by atoms with Crippen LogP contribution in [0.3, 0.4) is 0 Å². The number of nitrogens with zero attached hydrogens (tertiary/aromatic N) is 3. The van der Waals surface area contributed by atoms with E-state index in [1.807, 2.05) is 54.6 Å². The molecule has 2 aromatic carbocycles. The van der Waals surface area contributed by atoms with Crippen LogP contribution in [0, 0.1) is 5.41 Å². The normalized spacial score (nSPS) is 18.4.